The number of benzene rings is 1. The largest absolute Gasteiger partial charge is 0.333 e. The molecule has 1 N–H and O–H groups in total. The van der Waals surface area contributed by atoms with Gasteiger partial charge >= 0.3 is 0 Å². The lowest BCUT2D eigenvalue weighted by molar-refractivity contribution is -0.130. The zero-order chi connectivity index (χ0) is 9.97. The van der Waals surface area contributed by atoms with E-state index in [1.54, 1.807) is 7.05 Å². The van der Waals surface area contributed by atoms with E-state index in [2.05, 4.69) is 17.4 Å². The zero-order valence-corrected chi connectivity index (χ0v) is 8.29. The van der Waals surface area contributed by atoms with Crippen LogP contribution >= 0.6 is 0 Å². The molecule has 2 rings (SSSR count). The molecule has 0 saturated heterocycles. The highest BCUT2D eigenvalue weighted by Crippen LogP contribution is 2.21. The van der Waals surface area contributed by atoms with E-state index in [9.17, 15) is 4.79 Å². The van der Waals surface area contributed by atoms with Crippen LogP contribution in [0.25, 0.3) is 0 Å². The minimum atomic E-state index is 0.170. The molecular formula is C11H14N2O. The molecule has 74 valence electrons. The number of rotatable bonds is 2. The van der Waals surface area contributed by atoms with Crippen LogP contribution in [-0.4, -0.2) is 24.4 Å². The molecule has 1 aromatic carbocycles. The Morgan fingerprint density at radius 1 is 1.36 bits per heavy atom. The molecule has 1 heterocycles. The number of amides is 1. The monoisotopic (exact) mass is 190 g/mol. The van der Waals surface area contributed by atoms with Crippen molar-refractivity contribution in [3.8, 4) is 0 Å². The summed E-state index contributed by atoms with van der Waals surface area (Å²) < 4.78 is 0. The summed E-state index contributed by atoms with van der Waals surface area (Å²) in [6.45, 7) is 1.95. The van der Waals surface area contributed by atoms with Gasteiger partial charge in [0.2, 0.25) is 5.91 Å². The van der Waals surface area contributed by atoms with Crippen molar-refractivity contribution in [2.45, 2.75) is 13.1 Å². The molecule has 3 nitrogen and oxygen atoms in total. The van der Waals surface area contributed by atoms with Gasteiger partial charge < -0.3 is 10.2 Å². The van der Waals surface area contributed by atoms with E-state index in [0.717, 1.165) is 13.1 Å². The Morgan fingerprint density at radius 3 is 2.43 bits per heavy atom. The highest BCUT2D eigenvalue weighted by molar-refractivity contribution is 5.78. The molecule has 0 aliphatic carbocycles. The summed E-state index contributed by atoms with van der Waals surface area (Å²) in [7, 11) is 1.79. The number of nitrogens with one attached hydrogen (secondary N) is 1. The lowest BCUT2D eigenvalue weighted by Crippen LogP contribution is -2.33. The number of likely N-dealkylation sites (N-methyl/N-ethyl adjacent to an activating group) is 1. The number of carbonyl (C=O) groups excluding carboxylic acids is 1. The van der Waals surface area contributed by atoms with Gasteiger partial charge in [0, 0.05) is 13.1 Å². The van der Waals surface area contributed by atoms with Crippen LogP contribution < -0.4 is 5.32 Å². The molecule has 0 bridgehead atoms. The van der Waals surface area contributed by atoms with Crippen LogP contribution in [0.5, 0.6) is 0 Å². The van der Waals surface area contributed by atoms with Crippen molar-refractivity contribution in [3.05, 3.63) is 35.4 Å². The Kier molecular flexibility index (Phi) is 2.50. The van der Waals surface area contributed by atoms with E-state index in [1.165, 1.54) is 11.1 Å². The molecule has 0 fully saturated rings. The van der Waals surface area contributed by atoms with Gasteiger partial charge in [0.15, 0.2) is 0 Å². The average Bonchev–Trinajstić information content (AvgIpc) is 2.61. The number of fused-ring (bicyclic) bond motifs is 1. The average molecular weight is 190 g/mol. The normalized spacial score (nSPS) is 14.2. The van der Waals surface area contributed by atoms with Gasteiger partial charge in [0.25, 0.3) is 0 Å². The lowest BCUT2D eigenvalue weighted by Gasteiger charge is -2.14. The van der Waals surface area contributed by atoms with Gasteiger partial charge in [-0.05, 0) is 18.2 Å². The second-order valence-corrected chi connectivity index (χ2v) is 3.55. The topological polar surface area (TPSA) is 32.3 Å². The third-order valence-corrected chi connectivity index (χ3v) is 2.52. The van der Waals surface area contributed by atoms with E-state index >= 15 is 0 Å². The third-order valence-electron chi connectivity index (χ3n) is 2.52. The maximum absolute atomic E-state index is 11.6. The van der Waals surface area contributed by atoms with Crippen molar-refractivity contribution in [3.63, 3.8) is 0 Å². The predicted octanol–water partition coefficient (Wildman–Crippen LogP) is 0.748. The van der Waals surface area contributed by atoms with Crippen molar-refractivity contribution >= 4 is 5.91 Å². The fourth-order valence-corrected chi connectivity index (χ4v) is 1.77. The predicted molar refractivity (Wildman–Crippen MR) is 54.6 cm³/mol. The van der Waals surface area contributed by atoms with E-state index in [1.807, 2.05) is 17.0 Å². The van der Waals surface area contributed by atoms with Gasteiger partial charge in [-0.25, -0.2) is 0 Å². The molecule has 0 aromatic heterocycles. The van der Waals surface area contributed by atoms with Crippen LogP contribution in [0.1, 0.15) is 11.1 Å². The standard InChI is InChI=1S/C11H14N2O/c1-12-6-11(14)13-7-9-4-2-3-5-10(9)8-13/h2-5,12H,6-8H2,1H3. The SMILES string of the molecule is CNCC(=O)N1Cc2ccccc2C1. The summed E-state index contributed by atoms with van der Waals surface area (Å²) >= 11 is 0. The highest BCUT2D eigenvalue weighted by atomic mass is 16.2. The Balaban J connectivity index is 2.08. The number of hydrogen-bond acceptors (Lipinski definition) is 2. The third kappa shape index (κ3) is 1.63. The molecule has 0 spiro atoms. The summed E-state index contributed by atoms with van der Waals surface area (Å²) in [4.78, 5) is 13.5. The highest BCUT2D eigenvalue weighted by Gasteiger charge is 2.21. The summed E-state index contributed by atoms with van der Waals surface area (Å²) in [6, 6.07) is 8.21. The quantitative estimate of drug-likeness (QED) is 0.746. The van der Waals surface area contributed by atoms with E-state index in [4.69, 9.17) is 0 Å². The molecule has 0 radical (unpaired) electrons. The fraction of sp³-hybridized carbons (Fsp3) is 0.364. The first kappa shape index (κ1) is 9.21. The summed E-state index contributed by atoms with van der Waals surface area (Å²) in [5.74, 6) is 0.170. The minimum absolute atomic E-state index is 0.170. The maximum atomic E-state index is 11.6. The first-order valence-electron chi connectivity index (χ1n) is 4.80. The van der Waals surface area contributed by atoms with Crippen LogP contribution in [0, 0.1) is 0 Å². The smallest absolute Gasteiger partial charge is 0.237 e. The Morgan fingerprint density at radius 2 is 1.93 bits per heavy atom. The minimum Gasteiger partial charge on any atom is -0.333 e. The molecular weight excluding hydrogens is 176 g/mol. The van der Waals surface area contributed by atoms with E-state index < -0.39 is 0 Å². The summed E-state index contributed by atoms with van der Waals surface area (Å²) in [5.41, 5.74) is 2.55. The van der Waals surface area contributed by atoms with Crippen LogP contribution in [0.3, 0.4) is 0 Å². The molecule has 1 aromatic rings. The molecule has 0 unspecified atom stereocenters. The number of hydrogen-bond donors (Lipinski definition) is 1. The van der Waals surface area contributed by atoms with Gasteiger partial charge in [0.1, 0.15) is 0 Å². The molecule has 14 heavy (non-hydrogen) atoms. The Hall–Kier alpha value is -1.35. The van der Waals surface area contributed by atoms with Crippen LogP contribution in [0.2, 0.25) is 0 Å². The van der Waals surface area contributed by atoms with Crippen LogP contribution in [0.4, 0.5) is 0 Å². The van der Waals surface area contributed by atoms with Gasteiger partial charge in [-0.3, -0.25) is 4.79 Å². The van der Waals surface area contributed by atoms with Gasteiger partial charge in [-0.15, -0.1) is 0 Å². The van der Waals surface area contributed by atoms with Gasteiger partial charge in [-0.2, -0.15) is 0 Å². The van der Waals surface area contributed by atoms with Crippen molar-refractivity contribution in [1.29, 1.82) is 0 Å². The van der Waals surface area contributed by atoms with Gasteiger partial charge in [-0.1, -0.05) is 24.3 Å². The fourth-order valence-electron chi connectivity index (χ4n) is 1.77. The zero-order valence-electron chi connectivity index (χ0n) is 8.29. The van der Waals surface area contributed by atoms with Crippen molar-refractivity contribution < 1.29 is 4.79 Å². The number of nitrogens with zero attached hydrogens (tertiary/aromatic N) is 1. The second kappa shape index (κ2) is 3.80. The summed E-state index contributed by atoms with van der Waals surface area (Å²) in [6.07, 6.45) is 0. The second-order valence-electron chi connectivity index (χ2n) is 3.55. The summed E-state index contributed by atoms with van der Waals surface area (Å²) in [5, 5.41) is 2.88. The molecule has 1 aliphatic rings. The number of carbonyl (C=O) groups is 1. The first-order chi connectivity index (χ1) is 6.81. The van der Waals surface area contributed by atoms with Crippen molar-refractivity contribution in [1.82, 2.24) is 10.2 Å². The molecule has 0 atom stereocenters. The first-order valence-corrected chi connectivity index (χ1v) is 4.80. The molecule has 1 amide bonds. The maximum Gasteiger partial charge on any atom is 0.237 e. The van der Waals surface area contributed by atoms with Crippen molar-refractivity contribution in [2.24, 2.45) is 0 Å². The molecule has 0 saturated carbocycles. The Bertz CT molecular complexity index is 324. The molecule has 3 heteroatoms. The van der Waals surface area contributed by atoms with Crippen LogP contribution in [-0.2, 0) is 17.9 Å². The van der Waals surface area contributed by atoms with Crippen LogP contribution in [0.15, 0.2) is 24.3 Å². The lowest BCUT2D eigenvalue weighted by atomic mass is 10.1. The van der Waals surface area contributed by atoms with Gasteiger partial charge in [0.05, 0.1) is 6.54 Å². The van der Waals surface area contributed by atoms with E-state index in [-0.39, 0.29) is 5.91 Å². The van der Waals surface area contributed by atoms with Crippen molar-refractivity contribution in [2.75, 3.05) is 13.6 Å². The Labute approximate surface area is 83.7 Å². The molecule has 1 aliphatic heterocycles. The van der Waals surface area contributed by atoms with E-state index in [0.29, 0.717) is 6.54 Å².